The van der Waals surface area contributed by atoms with E-state index in [0.717, 1.165) is 9.87 Å². The van der Waals surface area contributed by atoms with Crippen LogP contribution < -0.4 is 9.73 Å². The number of rotatable bonds is 7. The first-order chi connectivity index (χ1) is 14.8. The minimum atomic E-state index is -4.01. The quantitative estimate of drug-likeness (QED) is 0.424. The standard InChI is InChI=1S/C23H22ClN3O3S/c1-17-21(24)14-9-15-22(17)27(31(29,30)20-12-7-4-8-13-20)16-23(28)26-25-18(2)19-10-5-3-6-11-19/h3-15H,16H2,1-2H3,(H,26,28)/b25-18-. The molecule has 0 heterocycles. The Morgan fingerprint density at radius 1 is 0.968 bits per heavy atom. The molecule has 0 spiro atoms. The van der Waals surface area contributed by atoms with Gasteiger partial charge in [-0.3, -0.25) is 9.10 Å². The maximum atomic E-state index is 13.4. The van der Waals surface area contributed by atoms with Crippen LogP contribution in [0.3, 0.4) is 0 Å². The van der Waals surface area contributed by atoms with Gasteiger partial charge in [0, 0.05) is 5.02 Å². The molecule has 3 aromatic carbocycles. The van der Waals surface area contributed by atoms with Crippen molar-refractivity contribution in [2.75, 3.05) is 10.8 Å². The van der Waals surface area contributed by atoms with Crippen LogP contribution in [0.5, 0.6) is 0 Å². The molecule has 0 bridgehead atoms. The van der Waals surface area contributed by atoms with Crippen molar-refractivity contribution < 1.29 is 13.2 Å². The van der Waals surface area contributed by atoms with Crippen molar-refractivity contribution >= 4 is 38.9 Å². The van der Waals surface area contributed by atoms with Gasteiger partial charge < -0.3 is 0 Å². The zero-order valence-electron chi connectivity index (χ0n) is 17.1. The molecule has 3 rings (SSSR count). The molecule has 0 atom stereocenters. The number of amides is 1. The molecule has 1 N–H and O–H groups in total. The third-order valence-electron chi connectivity index (χ3n) is 4.67. The molecule has 1 amide bonds. The summed E-state index contributed by atoms with van der Waals surface area (Å²) in [7, 11) is -4.01. The lowest BCUT2D eigenvalue weighted by atomic mass is 10.1. The minimum Gasteiger partial charge on any atom is -0.271 e. The molecule has 6 nitrogen and oxygen atoms in total. The zero-order chi connectivity index (χ0) is 22.4. The summed E-state index contributed by atoms with van der Waals surface area (Å²) < 4.78 is 27.8. The molecular weight excluding hydrogens is 434 g/mol. The van der Waals surface area contributed by atoms with Gasteiger partial charge in [0.25, 0.3) is 15.9 Å². The molecule has 0 radical (unpaired) electrons. The summed E-state index contributed by atoms with van der Waals surface area (Å²) in [6.07, 6.45) is 0. The van der Waals surface area contributed by atoms with Crippen LogP contribution in [-0.2, 0) is 14.8 Å². The molecule has 0 unspecified atom stereocenters. The molecule has 8 heteroatoms. The number of nitrogens with zero attached hydrogens (tertiary/aromatic N) is 2. The van der Waals surface area contributed by atoms with Gasteiger partial charge in [-0.1, -0.05) is 66.2 Å². The number of benzene rings is 3. The van der Waals surface area contributed by atoms with Crippen LogP contribution in [-0.4, -0.2) is 26.6 Å². The predicted molar refractivity (Wildman–Crippen MR) is 124 cm³/mol. The maximum Gasteiger partial charge on any atom is 0.264 e. The van der Waals surface area contributed by atoms with Crippen LogP contribution in [0.4, 0.5) is 5.69 Å². The van der Waals surface area contributed by atoms with Gasteiger partial charge >= 0.3 is 0 Å². The third-order valence-corrected chi connectivity index (χ3v) is 6.85. The molecule has 0 aliphatic heterocycles. The highest BCUT2D eigenvalue weighted by atomic mass is 35.5. The van der Waals surface area contributed by atoms with E-state index in [1.54, 1.807) is 50.2 Å². The fraction of sp³-hybridized carbons (Fsp3) is 0.130. The molecular formula is C23H22ClN3O3S. The summed E-state index contributed by atoms with van der Waals surface area (Å²) in [6.45, 7) is 3.01. The van der Waals surface area contributed by atoms with Gasteiger partial charge in [-0.15, -0.1) is 0 Å². The number of hydrogen-bond donors (Lipinski definition) is 1. The number of carbonyl (C=O) groups is 1. The van der Waals surface area contributed by atoms with Gasteiger partial charge in [-0.25, -0.2) is 13.8 Å². The summed E-state index contributed by atoms with van der Waals surface area (Å²) in [5, 5.41) is 4.51. The first kappa shape index (κ1) is 22.5. The van der Waals surface area contributed by atoms with E-state index in [2.05, 4.69) is 10.5 Å². The van der Waals surface area contributed by atoms with Crippen molar-refractivity contribution in [3.05, 3.63) is 95.0 Å². The fourth-order valence-electron chi connectivity index (χ4n) is 2.94. The fourth-order valence-corrected chi connectivity index (χ4v) is 4.61. The smallest absolute Gasteiger partial charge is 0.264 e. The van der Waals surface area contributed by atoms with E-state index >= 15 is 0 Å². The van der Waals surface area contributed by atoms with E-state index in [-0.39, 0.29) is 4.90 Å². The van der Waals surface area contributed by atoms with Crippen molar-refractivity contribution in [2.45, 2.75) is 18.7 Å². The Kier molecular flexibility index (Phi) is 7.09. The Balaban J connectivity index is 1.92. The first-order valence-electron chi connectivity index (χ1n) is 9.52. The Hall–Kier alpha value is -3.16. The lowest BCUT2D eigenvalue weighted by Gasteiger charge is -2.25. The minimum absolute atomic E-state index is 0.0751. The number of nitrogens with one attached hydrogen (secondary N) is 1. The predicted octanol–water partition coefficient (Wildman–Crippen LogP) is 4.38. The summed E-state index contributed by atoms with van der Waals surface area (Å²) in [5.74, 6) is -0.575. The maximum absolute atomic E-state index is 13.4. The molecule has 0 aromatic heterocycles. The van der Waals surface area contributed by atoms with Gasteiger partial charge in [-0.2, -0.15) is 5.10 Å². The van der Waals surface area contributed by atoms with Crippen molar-refractivity contribution in [1.29, 1.82) is 0 Å². The summed E-state index contributed by atoms with van der Waals surface area (Å²) in [6, 6.07) is 22.2. The highest BCUT2D eigenvalue weighted by Crippen LogP contribution is 2.30. The molecule has 0 aliphatic rings. The lowest BCUT2D eigenvalue weighted by molar-refractivity contribution is -0.119. The second-order valence-electron chi connectivity index (χ2n) is 6.81. The monoisotopic (exact) mass is 455 g/mol. The molecule has 0 fully saturated rings. The van der Waals surface area contributed by atoms with Crippen molar-refractivity contribution in [3.63, 3.8) is 0 Å². The van der Waals surface area contributed by atoms with E-state index in [1.165, 1.54) is 12.1 Å². The highest BCUT2D eigenvalue weighted by molar-refractivity contribution is 7.92. The van der Waals surface area contributed by atoms with Gasteiger partial charge in [0.1, 0.15) is 6.54 Å². The van der Waals surface area contributed by atoms with Crippen LogP contribution in [0.25, 0.3) is 0 Å². The molecule has 0 saturated heterocycles. The van der Waals surface area contributed by atoms with Crippen molar-refractivity contribution in [3.8, 4) is 0 Å². The van der Waals surface area contributed by atoms with E-state index in [0.29, 0.717) is 22.0 Å². The summed E-state index contributed by atoms with van der Waals surface area (Å²) >= 11 is 6.22. The van der Waals surface area contributed by atoms with E-state index in [4.69, 9.17) is 11.6 Å². The van der Waals surface area contributed by atoms with E-state index in [9.17, 15) is 13.2 Å². The number of carbonyl (C=O) groups excluding carboxylic acids is 1. The molecule has 160 valence electrons. The molecule has 0 aliphatic carbocycles. The largest absolute Gasteiger partial charge is 0.271 e. The highest BCUT2D eigenvalue weighted by Gasteiger charge is 2.28. The number of hydrogen-bond acceptors (Lipinski definition) is 4. The molecule has 0 saturated carbocycles. The second kappa shape index (κ2) is 9.76. The number of hydrazone groups is 1. The van der Waals surface area contributed by atoms with Crippen LogP contribution in [0.2, 0.25) is 5.02 Å². The van der Waals surface area contributed by atoms with Crippen molar-refractivity contribution in [2.24, 2.45) is 5.10 Å². The average molecular weight is 456 g/mol. The zero-order valence-corrected chi connectivity index (χ0v) is 18.7. The van der Waals surface area contributed by atoms with Gasteiger partial charge in [-0.05, 0) is 49.2 Å². The lowest BCUT2D eigenvalue weighted by Crippen LogP contribution is -2.40. The average Bonchev–Trinajstić information content (AvgIpc) is 2.79. The van der Waals surface area contributed by atoms with Crippen LogP contribution in [0.15, 0.2) is 88.9 Å². The Morgan fingerprint density at radius 2 is 1.58 bits per heavy atom. The van der Waals surface area contributed by atoms with Crippen molar-refractivity contribution in [1.82, 2.24) is 5.43 Å². The first-order valence-corrected chi connectivity index (χ1v) is 11.3. The summed E-state index contributed by atoms with van der Waals surface area (Å²) in [4.78, 5) is 12.8. The number of sulfonamides is 1. The summed E-state index contributed by atoms with van der Waals surface area (Å²) in [5.41, 5.74) is 4.79. The SMILES string of the molecule is C/C(=N/NC(=O)CN(c1cccc(Cl)c1C)S(=O)(=O)c1ccccc1)c1ccccc1. The van der Waals surface area contributed by atoms with Crippen LogP contribution in [0, 0.1) is 6.92 Å². The second-order valence-corrected chi connectivity index (χ2v) is 9.08. The number of halogens is 1. The van der Waals surface area contributed by atoms with Crippen LogP contribution >= 0.6 is 11.6 Å². The normalized spacial score (nSPS) is 11.8. The third kappa shape index (κ3) is 5.31. The van der Waals surface area contributed by atoms with Gasteiger partial charge in [0.15, 0.2) is 0 Å². The topological polar surface area (TPSA) is 78.8 Å². The number of anilines is 1. The van der Waals surface area contributed by atoms with E-state index < -0.39 is 22.5 Å². The van der Waals surface area contributed by atoms with Crippen LogP contribution in [0.1, 0.15) is 18.1 Å². The molecule has 3 aromatic rings. The Bertz CT molecular complexity index is 1200. The molecule has 31 heavy (non-hydrogen) atoms. The van der Waals surface area contributed by atoms with Gasteiger partial charge in [0.05, 0.1) is 16.3 Å². The Morgan fingerprint density at radius 3 is 2.23 bits per heavy atom. The van der Waals surface area contributed by atoms with E-state index in [1.807, 2.05) is 30.3 Å². The Labute approximate surface area is 187 Å². The van der Waals surface area contributed by atoms with Gasteiger partial charge in [0.2, 0.25) is 0 Å².